The average Bonchev–Trinajstić information content (AvgIpc) is 2.86. The van der Waals surface area contributed by atoms with Crippen LogP contribution in [0.4, 0.5) is 13.2 Å². The fourth-order valence-electron chi connectivity index (χ4n) is 2.61. The van der Waals surface area contributed by atoms with Crippen molar-refractivity contribution in [1.29, 1.82) is 0 Å². The van der Waals surface area contributed by atoms with Crippen LogP contribution in [0.1, 0.15) is 41.7 Å². The number of aryl methyl sites for hydroxylation is 1. The van der Waals surface area contributed by atoms with Crippen LogP contribution in [0.3, 0.4) is 0 Å². The number of aliphatic carboxylic acids is 1. The highest BCUT2D eigenvalue weighted by molar-refractivity contribution is 5.98. The SMILES string of the molecule is Cn1c(C(=O)NCCCCCC(=O)O)cc2cc(C(F)(F)F)ccc21. The van der Waals surface area contributed by atoms with Crippen LogP contribution in [0.2, 0.25) is 0 Å². The first kappa shape index (κ1) is 18.8. The number of hydrogen-bond donors (Lipinski definition) is 2. The molecule has 1 heterocycles. The molecule has 0 bridgehead atoms. The van der Waals surface area contributed by atoms with E-state index in [0.717, 1.165) is 12.1 Å². The minimum absolute atomic E-state index is 0.0959. The van der Waals surface area contributed by atoms with E-state index in [-0.39, 0.29) is 18.0 Å². The molecule has 0 spiro atoms. The van der Waals surface area contributed by atoms with Gasteiger partial charge in [0.1, 0.15) is 5.69 Å². The molecule has 136 valence electrons. The molecular formula is C17H19F3N2O3. The summed E-state index contributed by atoms with van der Waals surface area (Å²) in [6, 6.07) is 4.80. The van der Waals surface area contributed by atoms with Crippen LogP contribution < -0.4 is 5.32 Å². The number of carboxylic acids is 1. The maximum absolute atomic E-state index is 12.8. The van der Waals surface area contributed by atoms with Crippen LogP contribution in [0.5, 0.6) is 0 Å². The fourth-order valence-corrected chi connectivity index (χ4v) is 2.61. The number of nitrogens with one attached hydrogen (secondary N) is 1. The summed E-state index contributed by atoms with van der Waals surface area (Å²) >= 11 is 0. The Morgan fingerprint density at radius 2 is 1.88 bits per heavy atom. The van der Waals surface area contributed by atoms with Crippen molar-refractivity contribution in [2.45, 2.75) is 31.9 Å². The lowest BCUT2D eigenvalue weighted by Crippen LogP contribution is -2.26. The van der Waals surface area contributed by atoms with Gasteiger partial charge in [-0.25, -0.2) is 0 Å². The van der Waals surface area contributed by atoms with E-state index >= 15 is 0 Å². The van der Waals surface area contributed by atoms with Gasteiger partial charge in [-0.3, -0.25) is 9.59 Å². The molecule has 0 fully saturated rings. The lowest BCUT2D eigenvalue weighted by atomic mass is 10.1. The van der Waals surface area contributed by atoms with E-state index in [2.05, 4.69) is 5.32 Å². The molecule has 25 heavy (non-hydrogen) atoms. The molecule has 0 saturated heterocycles. The molecule has 2 N–H and O–H groups in total. The minimum Gasteiger partial charge on any atom is -0.481 e. The molecule has 2 aromatic rings. The van der Waals surface area contributed by atoms with Gasteiger partial charge in [0.2, 0.25) is 0 Å². The monoisotopic (exact) mass is 356 g/mol. The molecule has 1 aromatic heterocycles. The van der Waals surface area contributed by atoms with Gasteiger partial charge >= 0.3 is 12.1 Å². The summed E-state index contributed by atoms with van der Waals surface area (Å²) in [6.07, 6.45) is -2.47. The number of amides is 1. The number of unbranched alkanes of at least 4 members (excludes halogenated alkanes) is 2. The van der Waals surface area contributed by atoms with Gasteiger partial charge in [0.25, 0.3) is 5.91 Å². The Labute approximate surface area is 142 Å². The molecule has 0 unspecified atom stereocenters. The maximum atomic E-state index is 12.8. The number of aromatic nitrogens is 1. The van der Waals surface area contributed by atoms with Gasteiger partial charge in [-0.15, -0.1) is 0 Å². The molecule has 8 heteroatoms. The van der Waals surface area contributed by atoms with E-state index < -0.39 is 17.7 Å². The first-order valence-electron chi connectivity index (χ1n) is 7.87. The molecular weight excluding hydrogens is 337 g/mol. The molecule has 1 aromatic carbocycles. The Balaban J connectivity index is 2.01. The van der Waals surface area contributed by atoms with Crippen molar-refractivity contribution in [3.63, 3.8) is 0 Å². The van der Waals surface area contributed by atoms with Crippen LogP contribution in [0, 0.1) is 0 Å². The van der Waals surface area contributed by atoms with Gasteiger partial charge < -0.3 is 15.0 Å². The molecule has 0 aliphatic rings. The van der Waals surface area contributed by atoms with Crippen LogP contribution in [-0.4, -0.2) is 28.1 Å². The Hall–Kier alpha value is -2.51. The Bertz CT molecular complexity index is 781. The van der Waals surface area contributed by atoms with Crippen LogP contribution in [0.25, 0.3) is 10.9 Å². The third-order valence-corrected chi connectivity index (χ3v) is 3.96. The lowest BCUT2D eigenvalue weighted by Gasteiger charge is -2.07. The zero-order valence-corrected chi connectivity index (χ0v) is 13.7. The molecule has 0 atom stereocenters. The molecule has 5 nitrogen and oxygen atoms in total. The zero-order valence-electron chi connectivity index (χ0n) is 13.7. The van der Waals surface area contributed by atoms with Crippen LogP contribution >= 0.6 is 0 Å². The molecule has 0 radical (unpaired) electrons. The van der Waals surface area contributed by atoms with E-state index in [4.69, 9.17) is 5.11 Å². The van der Waals surface area contributed by atoms with E-state index in [9.17, 15) is 22.8 Å². The van der Waals surface area contributed by atoms with Crippen molar-refractivity contribution in [3.05, 3.63) is 35.5 Å². The number of carbonyl (C=O) groups is 2. The molecule has 0 aliphatic carbocycles. The summed E-state index contributed by atoms with van der Waals surface area (Å²) in [4.78, 5) is 22.6. The predicted molar refractivity (Wildman–Crippen MR) is 86.4 cm³/mol. The summed E-state index contributed by atoms with van der Waals surface area (Å²) in [5.41, 5.74) is 0.0652. The quantitative estimate of drug-likeness (QED) is 0.745. The third kappa shape index (κ3) is 4.74. The highest BCUT2D eigenvalue weighted by Crippen LogP contribution is 2.32. The van der Waals surface area contributed by atoms with Crippen molar-refractivity contribution < 1.29 is 27.9 Å². The summed E-state index contributed by atoms with van der Waals surface area (Å²) in [6.45, 7) is 0.383. The molecule has 0 aliphatic heterocycles. The number of carboxylic acid groups (broad SMARTS) is 1. The topological polar surface area (TPSA) is 71.3 Å². The standard InChI is InChI=1S/C17H19F3N2O3/c1-22-13-7-6-12(17(18,19)20)9-11(13)10-14(22)16(25)21-8-4-2-3-5-15(23)24/h6-7,9-10H,2-5,8H2,1H3,(H,21,25)(H,23,24). The Kier molecular flexibility index (Phi) is 5.71. The molecule has 0 saturated carbocycles. The van der Waals surface area contributed by atoms with Crippen molar-refractivity contribution in [2.24, 2.45) is 7.05 Å². The van der Waals surface area contributed by atoms with Crippen LogP contribution in [-0.2, 0) is 18.0 Å². The first-order chi connectivity index (χ1) is 11.7. The fraction of sp³-hybridized carbons (Fsp3) is 0.412. The van der Waals surface area contributed by atoms with Crippen molar-refractivity contribution in [1.82, 2.24) is 9.88 Å². The van der Waals surface area contributed by atoms with Crippen molar-refractivity contribution in [3.8, 4) is 0 Å². The zero-order chi connectivity index (χ0) is 18.6. The molecule has 2 rings (SSSR count). The lowest BCUT2D eigenvalue weighted by molar-refractivity contribution is -0.138. The second-order valence-corrected chi connectivity index (χ2v) is 5.82. The van der Waals surface area contributed by atoms with Gasteiger partial charge in [-0.05, 0) is 37.1 Å². The normalized spacial score (nSPS) is 11.7. The average molecular weight is 356 g/mol. The highest BCUT2D eigenvalue weighted by atomic mass is 19.4. The number of benzene rings is 1. The second-order valence-electron chi connectivity index (χ2n) is 5.82. The summed E-state index contributed by atoms with van der Waals surface area (Å²) in [5, 5.41) is 11.6. The predicted octanol–water partition coefficient (Wildman–Crippen LogP) is 3.57. The number of rotatable bonds is 7. The number of nitrogens with zero attached hydrogens (tertiary/aromatic N) is 1. The van der Waals surface area contributed by atoms with Gasteiger partial charge in [0.15, 0.2) is 0 Å². The Morgan fingerprint density at radius 1 is 1.16 bits per heavy atom. The van der Waals surface area contributed by atoms with E-state index in [0.29, 0.717) is 36.7 Å². The maximum Gasteiger partial charge on any atom is 0.416 e. The summed E-state index contributed by atoms with van der Waals surface area (Å²) in [5.74, 6) is -1.22. The minimum atomic E-state index is -4.43. The van der Waals surface area contributed by atoms with Crippen LogP contribution in [0.15, 0.2) is 24.3 Å². The molecule has 1 amide bonds. The summed E-state index contributed by atoms with van der Waals surface area (Å²) < 4.78 is 39.9. The largest absolute Gasteiger partial charge is 0.481 e. The number of carbonyl (C=O) groups excluding carboxylic acids is 1. The number of alkyl halides is 3. The van der Waals surface area contributed by atoms with Crippen molar-refractivity contribution >= 4 is 22.8 Å². The van der Waals surface area contributed by atoms with E-state index in [1.165, 1.54) is 12.1 Å². The van der Waals surface area contributed by atoms with E-state index in [1.807, 2.05) is 0 Å². The highest BCUT2D eigenvalue weighted by Gasteiger charge is 2.30. The van der Waals surface area contributed by atoms with E-state index in [1.54, 1.807) is 11.6 Å². The van der Waals surface area contributed by atoms with Gasteiger partial charge in [0.05, 0.1) is 5.56 Å². The number of fused-ring (bicyclic) bond motifs is 1. The van der Waals surface area contributed by atoms with Crippen molar-refractivity contribution in [2.75, 3.05) is 6.54 Å². The Morgan fingerprint density at radius 3 is 2.52 bits per heavy atom. The van der Waals surface area contributed by atoms with Gasteiger partial charge in [0, 0.05) is 30.9 Å². The summed E-state index contributed by atoms with van der Waals surface area (Å²) in [7, 11) is 1.62. The smallest absolute Gasteiger partial charge is 0.416 e. The third-order valence-electron chi connectivity index (χ3n) is 3.96. The number of halogens is 3. The second kappa shape index (κ2) is 7.58. The number of hydrogen-bond acceptors (Lipinski definition) is 2. The van der Waals surface area contributed by atoms with Gasteiger partial charge in [-0.1, -0.05) is 6.42 Å². The first-order valence-corrected chi connectivity index (χ1v) is 7.87. The van der Waals surface area contributed by atoms with Gasteiger partial charge in [-0.2, -0.15) is 13.2 Å².